The van der Waals surface area contributed by atoms with E-state index in [4.69, 9.17) is 0 Å². The van der Waals surface area contributed by atoms with E-state index in [0.29, 0.717) is 9.75 Å². The van der Waals surface area contributed by atoms with E-state index in [1.165, 1.54) is 0 Å². The van der Waals surface area contributed by atoms with Crippen LogP contribution in [0.25, 0.3) is 10.6 Å². The number of ketones is 1. The summed E-state index contributed by atoms with van der Waals surface area (Å²) >= 11 is 1.10. The number of nitrogens with zero attached hydrogens (tertiary/aromatic N) is 3. The van der Waals surface area contributed by atoms with Crippen LogP contribution in [-0.4, -0.2) is 28.7 Å². The third-order valence-corrected chi connectivity index (χ3v) is 6.39. The van der Waals surface area contributed by atoms with E-state index in [1.807, 2.05) is 30.3 Å². The van der Waals surface area contributed by atoms with Crippen LogP contribution in [0.5, 0.6) is 0 Å². The summed E-state index contributed by atoms with van der Waals surface area (Å²) in [5, 5.41) is 3.71. The van der Waals surface area contributed by atoms with E-state index in [2.05, 4.69) is 10.00 Å². The fourth-order valence-corrected chi connectivity index (χ4v) is 4.68. The smallest absolute Gasteiger partial charge is 0.371 e. The zero-order chi connectivity index (χ0) is 21.3. The third kappa shape index (κ3) is 4.12. The van der Waals surface area contributed by atoms with E-state index in [0.717, 1.165) is 49.0 Å². The number of aromatic nitrogens is 2. The summed E-state index contributed by atoms with van der Waals surface area (Å²) in [7, 11) is 0. The van der Waals surface area contributed by atoms with E-state index in [9.17, 15) is 22.4 Å². The molecule has 1 aromatic carbocycles. The normalized spacial score (nSPS) is 15.5. The molecule has 0 radical (unpaired) electrons. The second-order valence-electron chi connectivity index (χ2n) is 7.16. The van der Waals surface area contributed by atoms with Gasteiger partial charge in [-0.05, 0) is 43.2 Å². The van der Waals surface area contributed by atoms with Gasteiger partial charge in [-0.25, -0.2) is 9.07 Å². The lowest BCUT2D eigenvalue weighted by molar-refractivity contribution is -0.145. The third-order valence-electron chi connectivity index (χ3n) is 5.27. The molecule has 3 heterocycles. The highest BCUT2D eigenvalue weighted by Crippen LogP contribution is 2.36. The molecule has 1 saturated heterocycles. The summed E-state index contributed by atoms with van der Waals surface area (Å²) in [5.41, 5.74) is 0.00297. The Labute approximate surface area is 174 Å². The molecule has 30 heavy (non-hydrogen) atoms. The van der Waals surface area contributed by atoms with Crippen molar-refractivity contribution < 1.29 is 22.4 Å². The minimum atomic E-state index is -4.69. The maximum absolute atomic E-state index is 13.0. The van der Waals surface area contributed by atoms with Gasteiger partial charge in [0, 0.05) is 24.7 Å². The van der Waals surface area contributed by atoms with Gasteiger partial charge in [-0.15, -0.1) is 11.3 Å². The van der Waals surface area contributed by atoms with Gasteiger partial charge in [-0.1, -0.05) is 18.2 Å². The molecular formula is C21H19F4N3OS. The van der Waals surface area contributed by atoms with Crippen molar-refractivity contribution in [3.8, 4) is 10.6 Å². The standard InChI is InChI=1S/C21H19F4N3OS/c22-13-28-19(21(23,24)25)12-16(26-28)17-6-7-18(30-17)20(29)14-8-10-27(11-9-14)15-4-2-1-3-5-15/h1-7,12,14H,8-11,13H2. The van der Waals surface area contributed by atoms with Crippen LogP contribution in [0.1, 0.15) is 28.2 Å². The monoisotopic (exact) mass is 437 g/mol. The van der Waals surface area contributed by atoms with Gasteiger partial charge in [0.15, 0.2) is 12.6 Å². The van der Waals surface area contributed by atoms with E-state index in [1.54, 1.807) is 12.1 Å². The largest absolute Gasteiger partial charge is 0.433 e. The number of hydrogen-bond acceptors (Lipinski definition) is 4. The number of carbonyl (C=O) groups excluding carboxylic acids is 1. The van der Waals surface area contributed by atoms with Gasteiger partial charge in [0.25, 0.3) is 0 Å². The number of alkyl halides is 4. The van der Waals surface area contributed by atoms with Crippen molar-refractivity contribution in [3.63, 3.8) is 0 Å². The molecule has 0 N–H and O–H groups in total. The molecular weight excluding hydrogens is 418 g/mol. The molecule has 1 aliphatic heterocycles. The minimum Gasteiger partial charge on any atom is -0.371 e. The average Bonchev–Trinajstić information content (AvgIpc) is 3.41. The summed E-state index contributed by atoms with van der Waals surface area (Å²) in [4.78, 5) is 16.1. The molecule has 4 nitrogen and oxygen atoms in total. The number of carbonyl (C=O) groups is 1. The van der Waals surface area contributed by atoms with E-state index >= 15 is 0 Å². The predicted octanol–water partition coefficient (Wildman–Crippen LogP) is 5.66. The Morgan fingerprint density at radius 1 is 1.10 bits per heavy atom. The van der Waals surface area contributed by atoms with Gasteiger partial charge in [-0.3, -0.25) is 4.79 Å². The molecule has 0 spiro atoms. The zero-order valence-corrected chi connectivity index (χ0v) is 16.7. The van der Waals surface area contributed by atoms with Gasteiger partial charge >= 0.3 is 6.18 Å². The second kappa shape index (κ2) is 8.22. The summed E-state index contributed by atoms with van der Waals surface area (Å²) in [5.74, 6) is -0.120. The average molecular weight is 437 g/mol. The first-order valence-electron chi connectivity index (χ1n) is 9.52. The molecule has 1 fully saturated rings. The number of halogens is 4. The van der Waals surface area contributed by atoms with Crippen molar-refractivity contribution in [2.75, 3.05) is 18.0 Å². The zero-order valence-electron chi connectivity index (χ0n) is 15.9. The molecule has 0 bridgehead atoms. The summed E-state index contributed by atoms with van der Waals surface area (Å²) < 4.78 is 52.2. The van der Waals surface area contributed by atoms with Crippen LogP contribution in [0.4, 0.5) is 23.2 Å². The fraction of sp³-hybridized carbons (Fsp3) is 0.333. The number of Topliss-reactive ketones (excluding diaryl/α,β-unsaturated/α-hetero) is 1. The lowest BCUT2D eigenvalue weighted by atomic mass is 9.91. The number of rotatable bonds is 5. The first kappa shape index (κ1) is 20.6. The molecule has 0 amide bonds. The maximum atomic E-state index is 13.0. The highest BCUT2D eigenvalue weighted by Gasteiger charge is 2.36. The number of para-hydroxylation sites is 1. The van der Waals surface area contributed by atoms with Crippen molar-refractivity contribution >= 4 is 22.8 Å². The number of piperidine rings is 1. The first-order chi connectivity index (χ1) is 14.4. The van der Waals surface area contributed by atoms with Gasteiger partial charge in [0.05, 0.1) is 9.75 Å². The molecule has 0 aliphatic carbocycles. The summed E-state index contributed by atoms with van der Waals surface area (Å²) in [6.07, 6.45) is -3.26. The SMILES string of the molecule is O=C(c1ccc(-c2cc(C(F)(F)F)n(CF)n2)s1)C1CCN(c2ccccc2)CC1. The molecule has 0 saturated carbocycles. The number of thiophene rings is 1. The van der Waals surface area contributed by atoms with Gasteiger partial charge < -0.3 is 4.90 Å². The number of anilines is 1. The topological polar surface area (TPSA) is 38.1 Å². The Morgan fingerprint density at radius 3 is 2.40 bits per heavy atom. The quantitative estimate of drug-likeness (QED) is 0.382. The molecule has 0 unspecified atom stereocenters. The van der Waals surface area contributed by atoms with Crippen LogP contribution < -0.4 is 4.90 Å². The molecule has 158 valence electrons. The van der Waals surface area contributed by atoms with Crippen molar-refractivity contribution in [1.82, 2.24) is 9.78 Å². The van der Waals surface area contributed by atoms with Crippen LogP contribution >= 0.6 is 11.3 Å². The van der Waals surface area contributed by atoms with Gasteiger partial charge in [-0.2, -0.15) is 18.3 Å². The minimum absolute atomic E-state index is 0.0000642. The van der Waals surface area contributed by atoms with E-state index < -0.39 is 18.7 Å². The molecule has 4 rings (SSSR count). The van der Waals surface area contributed by atoms with Gasteiger partial charge in [0.2, 0.25) is 0 Å². The molecule has 1 aliphatic rings. The van der Waals surface area contributed by atoms with Crippen LogP contribution in [0.2, 0.25) is 0 Å². The van der Waals surface area contributed by atoms with Gasteiger partial charge in [0.1, 0.15) is 11.4 Å². The molecule has 0 atom stereocenters. The number of hydrogen-bond donors (Lipinski definition) is 0. The van der Waals surface area contributed by atoms with Crippen LogP contribution in [0.3, 0.4) is 0 Å². The maximum Gasteiger partial charge on any atom is 0.433 e. The van der Waals surface area contributed by atoms with Crippen molar-refractivity contribution in [2.24, 2.45) is 5.92 Å². The summed E-state index contributed by atoms with van der Waals surface area (Å²) in [6, 6.07) is 14.0. The lowest BCUT2D eigenvalue weighted by Gasteiger charge is -2.32. The highest BCUT2D eigenvalue weighted by atomic mass is 32.1. The Kier molecular flexibility index (Phi) is 5.64. The van der Waals surface area contributed by atoms with Crippen LogP contribution in [-0.2, 0) is 13.0 Å². The molecule has 9 heteroatoms. The van der Waals surface area contributed by atoms with Crippen molar-refractivity contribution in [3.05, 3.63) is 59.1 Å². The van der Waals surface area contributed by atoms with Crippen molar-refractivity contribution in [2.45, 2.75) is 25.8 Å². The van der Waals surface area contributed by atoms with Crippen molar-refractivity contribution in [1.29, 1.82) is 0 Å². The van der Waals surface area contributed by atoms with E-state index in [-0.39, 0.29) is 22.1 Å². The highest BCUT2D eigenvalue weighted by molar-refractivity contribution is 7.17. The Morgan fingerprint density at radius 2 is 1.80 bits per heavy atom. The number of benzene rings is 1. The first-order valence-corrected chi connectivity index (χ1v) is 10.3. The van der Waals surface area contributed by atoms with Crippen LogP contribution in [0, 0.1) is 5.92 Å². The predicted molar refractivity (Wildman–Crippen MR) is 107 cm³/mol. The van der Waals surface area contributed by atoms with Crippen LogP contribution in [0.15, 0.2) is 48.5 Å². The Bertz CT molecular complexity index is 1020. The Hall–Kier alpha value is -2.68. The molecule has 2 aromatic heterocycles. The summed E-state index contributed by atoms with van der Waals surface area (Å²) in [6.45, 7) is 0.176. The second-order valence-corrected chi connectivity index (χ2v) is 8.24. The fourth-order valence-electron chi connectivity index (χ4n) is 3.70. The molecule has 3 aromatic rings. The Balaban J connectivity index is 1.46. The lowest BCUT2D eigenvalue weighted by Crippen LogP contribution is -2.36.